The van der Waals surface area contributed by atoms with Crippen molar-refractivity contribution in [1.82, 2.24) is 5.32 Å². The van der Waals surface area contributed by atoms with Gasteiger partial charge in [-0.3, -0.25) is 9.59 Å². The van der Waals surface area contributed by atoms with Gasteiger partial charge in [-0.15, -0.1) is 0 Å². The van der Waals surface area contributed by atoms with E-state index in [-0.39, 0.29) is 5.91 Å². The number of nitrogens with two attached hydrogens (primary N) is 1. The summed E-state index contributed by atoms with van der Waals surface area (Å²) in [4.78, 5) is 23.3. The average Bonchev–Trinajstić information content (AvgIpc) is 2.67. The van der Waals surface area contributed by atoms with E-state index in [2.05, 4.69) is 5.32 Å². The molecule has 0 radical (unpaired) electrons. The minimum atomic E-state index is -0.447. The first-order chi connectivity index (χ1) is 12.1. The Kier molecular flexibility index (Phi) is 4.90. The largest absolute Gasteiger partial charge is 0.366 e. The topological polar surface area (TPSA) is 72.2 Å². The average molecular weight is 330 g/mol. The molecule has 3 aromatic carbocycles. The van der Waals surface area contributed by atoms with E-state index in [1.807, 2.05) is 54.6 Å². The third kappa shape index (κ3) is 4.12. The van der Waals surface area contributed by atoms with Gasteiger partial charge < -0.3 is 11.1 Å². The zero-order valence-corrected chi connectivity index (χ0v) is 13.6. The number of carbonyl (C=O) groups is 2. The zero-order chi connectivity index (χ0) is 17.6. The lowest BCUT2D eigenvalue weighted by molar-refractivity contribution is 0.0949. The molecular weight excluding hydrogens is 312 g/mol. The molecular formula is C21H18N2O2. The second-order valence-corrected chi connectivity index (χ2v) is 5.69. The van der Waals surface area contributed by atoms with Crippen LogP contribution in [0, 0.1) is 0 Å². The normalized spacial score (nSPS) is 10.2. The molecule has 0 saturated heterocycles. The van der Waals surface area contributed by atoms with Gasteiger partial charge >= 0.3 is 0 Å². The van der Waals surface area contributed by atoms with Gasteiger partial charge in [-0.25, -0.2) is 0 Å². The minimum Gasteiger partial charge on any atom is -0.366 e. The van der Waals surface area contributed by atoms with E-state index < -0.39 is 5.91 Å². The Morgan fingerprint density at radius 2 is 1.24 bits per heavy atom. The number of hydrogen-bond acceptors (Lipinski definition) is 2. The maximum absolute atomic E-state index is 12.2. The molecule has 3 rings (SSSR count). The molecule has 0 saturated carbocycles. The Balaban J connectivity index is 1.67. The van der Waals surface area contributed by atoms with Crippen molar-refractivity contribution in [2.24, 2.45) is 5.73 Å². The summed E-state index contributed by atoms with van der Waals surface area (Å²) in [5.74, 6) is -0.559. The molecule has 0 aromatic heterocycles. The quantitative estimate of drug-likeness (QED) is 0.753. The summed E-state index contributed by atoms with van der Waals surface area (Å²) in [6.07, 6.45) is 0. The SMILES string of the molecule is NC(=O)c1ccc(-c2ccc(C(=O)NCc3ccccc3)cc2)cc1. The van der Waals surface area contributed by atoms with Gasteiger partial charge in [0.2, 0.25) is 5.91 Å². The maximum atomic E-state index is 12.2. The summed E-state index contributed by atoms with van der Waals surface area (Å²) in [5.41, 5.74) is 9.31. The van der Waals surface area contributed by atoms with Crippen molar-refractivity contribution >= 4 is 11.8 Å². The highest BCUT2D eigenvalue weighted by Crippen LogP contribution is 2.20. The van der Waals surface area contributed by atoms with Crippen LogP contribution in [0.15, 0.2) is 78.9 Å². The molecule has 3 N–H and O–H groups in total. The van der Waals surface area contributed by atoms with Crippen molar-refractivity contribution in [3.8, 4) is 11.1 Å². The molecule has 3 aromatic rings. The highest BCUT2D eigenvalue weighted by atomic mass is 16.2. The first-order valence-corrected chi connectivity index (χ1v) is 7.96. The van der Waals surface area contributed by atoms with E-state index in [9.17, 15) is 9.59 Å². The van der Waals surface area contributed by atoms with Crippen LogP contribution < -0.4 is 11.1 Å². The van der Waals surface area contributed by atoms with Gasteiger partial charge in [0.05, 0.1) is 0 Å². The summed E-state index contributed by atoms with van der Waals surface area (Å²) in [7, 11) is 0. The van der Waals surface area contributed by atoms with Gasteiger partial charge in [-0.1, -0.05) is 54.6 Å². The maximum Gasteiger partial charge on any atom is 0.251 e. The number of benzene rings is 3. The fourth-order valence-corrected chi connectivity index (χ4v) is 2.52. The molecule has 4 nitrogen and oxygen atoms in total. The van der Waals surface area contributed by atoms with Crippen molar-refractivity contribution in [1.29, 1.82) is 0 Å². The van der Waals surface area contributed by atoms with E-state index in [1.54, 1.807) is 24.3 Å². The molecule has 0 aliphatic carbocycles. The third-order valence-electron chi connectivity index (χ3n) is 3.95. The van der Waals surface area contributed by atoms with Crippen molar-refractivity contribution in [3.63, 3.8) is 0 Å². The number of hydrogen-bond donors (Lipinski definition) is 2. The lowest BCUT2D eigenvalue weighted by Crippen LogP contribution is -2.22. The summed E-state index contributed by atoms with van der Waals surface area (Å²) >= 11 is 0. The fraction of sp³-hybridized carbons (Fsp3) is 0.0476. The third-order valence-corrected chi connectivity index (χ3v) is 3.95. The Hall–Kier alpha value is -3.40. The summed E-state index contributed by atoms with van der Waals surface area (Å²) in [6.45, 7) is 0.496. The monoisotopic (exact) mass is 330 g/mol. The van der Waals surface area contributed by atoms with Crippen LogP contribution in [0.2, 0.25) is 0 Å². The lowest BCUT2D eigenvalue weighted by atomic mass is 10.0. The van der Waals surface area contributed by atoms with E-state index in [0.29, 0.717) is 17.7 Å². The van der Waals surface area contributed by atoms with Crippen LogP contribution in [0.4, 0.5) is 0 Å². The van der Waals surface area contributed by atoms with Crippen molar-refractivity contribution < 1.29 is 9.59 Å². The van der Waals surface area contributed by atoms with Crippen molar-refractivity contribution in [3.05, 3.63) is 95.6 Å². The number of amides is 2. The number of carbonyl (C=O) groups excluding carboxylic acids is 2. The van der Waals surface area contributed by atoms with Crippen LogP contribution in [0.25, 0.3) is 11.1 Å². The Morgan fingerprint density at radius 1 is 0.720 bits per heavy atom. The molecule has 2 amide bonds. The van der Waals surface area contributed by atoms with E-state index in [4.69, 9.17) is 5.73 Å². The smallest absolute Gasteiger partial charge is 0.251 e. The van der Waals surface area contributed by atoms with Gasteiger partial charge in [0.15, 0.2) is 0 Å². The minimum absolute atomic E-state index is 0.112. The van der Waals surface area contributed by atoms with E-state index in [0.717, 1.165) is 16.7 Å². The molecule has 0 aliphatic heterocycles. The van der Waals surface area contributed by atoms with Crippen LogP contribution in [0.5, 0.6) is 0 Å². The fourth-order valence-electron chi connectivity index (χ4n) is 2.52. The van der Waals surface area contributed by atoms with Crippen LogP contribution in [-0.4, -0.2) is 11.8 Å². The van der Waals surface area contributed by atoms with Gasteiger partial charge in [0.1, 0.15) is 0 Å². The standard InChI is InChI=1S/C21H18N2O2/c22-20(24)18-10-6-16(7-11-18)17-8-12-19(13-9-17)21(25)23-14-15-4-2-1-3-5-15/h1-13H,14H2,(H2,22,24)(H,23,25). The summed E-state index contributed by atoms with van der Waals surface area (Å²) < 4.78 is 0. The second-order valence-electron chi connectivity index (χ2n) is 5.69. The lowest BCUT2D eigenvalue weighted by Gasteiger charge is -2.07. The molecule has 0 atom stereocenters. The number of rotatable bonds is 5. The first kappa shape index (κ1) is 16.5. The molecule has 0 bridgehead atoms. The van der Waals surface area contributed by atoms with Crippen LogP contribution >= 0.6 is 0 Å². The van der Waals surface area contributed by atoms with Gasteiger partial charge in [-0.05, 0) is 41.0 Å². The van der Waals surface area contributed by atoms with Crippen LogP contribution in [0.1, 0.15) is 26.3 Å². The number of primary amides is 1. The molecule has 0 heterocycles. The predicted molar refractivity (Wildman–Crippen MR) is 98.0 cm³/mol. The number of nitrogens with one attached hydrogen (secondary N) is 1. The highest BCUT2D eigenvalue weighted by molar-refractivity contribution is 5.95. The molecule has 25 heavy (non-hydrogen) atoms. The van der Waals surface area contributed by atoms with Crippen LogP contribution in [0.3, 0.4) is 0 Å². The van der Waals surface area contributed by atoms with Gasteiger partial charge in [0, 0.05) is 17.7 Å². The van der Waals surface area contributed by atoms with Crippen LogP contribution in [-0.2, 0) is 6.54 Å². The second kappa shape index (κ2) is 7.45. The summed E-state index contributed by atoms with van der Waals surface area (Å²) in [5, 5.41) is 2.90. The predicted octanol–water partition coefficient (Wildman–Crippen LogP) is 3.38. The molecule has 0 fully saturated rings. The Morgan fingerprint density at radius 3 is 1.76 bits per heavy atom. The summed E-state index contributed by atoms with van der Waals surface area (Å²) in [6, 6.07) is 24.2. The van der Waals surface area contributed by atoms with E-state index >= 15 is 0 Å². The molecule has 4 heteroatoms. The van der Waals surface area contributed by atoms with E-state index in [1.165, 1.54) is 0 Å². The van der Waals surface area contributed by atoms with Crippen molar-refractivity contribution in [2.45, 2.75) is 6.54 Å². The first-order valence-electron chi connectivity index (χ1n) is 7.96. The Labute approximate surface area is 146 Å². The molecule has 124 valence electrons. The zero-order valence-electron chi connectivity index (χ0n) is 13.6. The molecule has 0 spiro atoms. The highest BCUT2D eigenvalue weighted by Gasteiger charge is 2.06. The van der Waals surface area contributed by atoms with Crippen molar-refractivity contribution in [2.75, 3.05) is 0 Å². The molecule has 0 unspecified atom stereocenters. The van der Waals surface area contributed by atoms with Gasteiger partial charge in [0.25, 0.3) is 5.91 Å². The Bertz CT molecular complexity index is 870. The molecule has 0 aliphatic rings. The van der Waals surface area contributed by atoms with Gasteiger partial charge in [-0.2, -0.15) is 0 Å².